The van der Waals surface area contributed by atoms with Gasteiger partial charge >= 0.3 is 5.97 Å². The molecule has 0 atom stereocenters. The van der Waals surface area contributed by atoms with Crippen molar-refractivity contribution in [2.75, 3.05) is 29.1 Å². The van der Waals surface area contributed by atoms with Gasteiger partial charge in [-0.25, -0.2) is 4.79 Å². The molecule has 2 aromatic rings. The number of benzene rings is 2. The number of anilines is 3. The van der Waals surface area contributed by atoms with Crippen molar-refractivity contribution < 1.29 is 14.7 Å². The van der Waals surface area contributed by atoms with Crippen molar-refractivity contribution in [3.63, 3.8) is 0 Å². The van der Waals surface area contributed by atoms with E-state index in [0.717, 1.165) is 24.9 Å². The zero-order valence-corrected chi connectivity index (χ0v) is 17.3. The molecule has 0 radical (unpaired) electrons. The number of thiocarbonyl (C=S) groups is 1. The lowest BCUT2D eigenvalue weighted by Crippen LogP contribution is -2.27. The van der Waals surface area contributed by atoms with Crippen molar-refractivity contribution in [3.8, 4) is 0 Å². The third-order valence-electron chi connectivity index (χ3n) is 4.99. The third kappa shape index (κ3) is 3.73. The van der Waals surface area contributed by atoms with Crippen LogP contribution >= 0.6 is 24.0 Å². The van der Waals surface area contributed by atoms with Gasteiger partial charge in [-0.2, -0.15) is 0 Å². The number of nitrogen functional groups attached to an aromatic ring is 1. The van der Waals surface area contributed by atoms with Gasteiger partial charge in [-0.1, -0.05) is 30.0 Å². The number of carboxylic acid groups (broad SMARTS) is 1. The van der Waals surface area contributed by atoms with Crippen LogP contribution in [0.2, 0.25) is 0 Å². The van der Waals surface area contributed by atoms with Crippen molar-refractivity contribution in [2.45, 2.75) is 12.8 Å². The van der Waals surface area contributed by atoms with Crippen molar-refractivity contribution >= 4 is 63.3 Å². The second-order valence-electron chi connectivity index (χ2n) is 7.05. The van der Waals surface area contributed by atoms with Crippen LogP contribution in [-0.4, -0.2) is 34.9 Å². The first-order chi connectivity index (χ1) is 13.8. The number of hydrogen-bond donors (Lipinski definition) is 2. The number of aromatic carboxylic acids is 1. The number of rotatable bonds is 3. The largest absolute Gasteiger partial charge is 0.478 e. The number of amides is 1. The molecule has 0 aromatic heterocycles. The van der Waals surface area contributed by atoms with E-state index in [1.807, 2.05) is 12.1 Å². The van der Waals surface area contributed by atoms with E-state index in [-0.39, 0.29) is 17.2 Å². The minimum absolute atomic E-state index is 0.0110. The van der Waals surface area contributed by atoms with Gasteiger partial charge < -0.3 is 15.7 Å². The Kier molecular flexibility index (Phi) is 5.06. The average Bonchev–Trinajstić information content (AvgIpc) is 2.94. The summed E-state index contributed by atoms with van der Waals surface area (Å²) in [4.78, 5) is 28.4. The predicted octanol–water partition coefficient (Wildman–Crippen LogP) is 3.76. The second-order valence-corrected chi connectivity index (χ2v) is 8.72. The fraction of sp³-hybridized carbons (Fsp3) is 0.190. The van der Waals surface area contributed by atoms with Crippen LogP contribution in [-0.2, 0) is 11.2 Å². The Balaban J connectivity index is 1.66. The molecule has 0 spiro atoms. The van der Waals surface area contributed by atoms with Crippen molar-refractivity contribution in [1.82, 2.24) is 0 Å². The summed E-state index contributed by atoms with van der Waals surface area (Å²) in [5, 5.41) is 9.26. The number of thioether (sulfide) groups is 1. The molecule has 29 heavy (non-hydrogen) atoms. The van der Waals surface area contributed by atoms with Gasteiger partial charge in [-0.15, -0.1) is 0 Å². The quantitative estimate of drug-likeness (QED) is 0.440. The molecule has 2 heterocycles. The molecular weight excluding hydrogens is 406 g/mol. The summed E-state index contributed by atoms with van der Waals surface area (Å²) < 4.78 is 0.348. The van der Waals surface area contributed by atoms with E-state index < -0.39 is 5.97 Å². The van der Waals surface area contributed by atoms with Gasteiger partial charge in [0.15, 0.2) is 4.32 Å². The van der Waals surface area contributed by atoms with Gasteiger partial charge in [0, 0.05) is 25.0 Å². The predicted molar refractivity (Wildman–Crippen MR) is 121 cm³/mol. The molecule has 4 rings (SSSR count). The third-order valence-corrected chi connectivity index (χ3v) is 6.29. The second kappa shape index (κ2) is 7.53. The number of nitrogens with zero attached hydrogens (tertiary/aromatic N) is 2. The highest BCUT2D eigenvalue weighted by molar-refractivity contribution is 8.27. The summed E-state index contributed by atoms with van der Waals surface area (Å²) in [7, 11) is 2.08. The fourth-order valence-electron chi connectivity index (χ4n) is 3.62. The standard InChI is InChI=1S/C21H19N3O3S2/c1-23-6-2-3-13-7-12(4-5-17(13)23)8-18-19(25)24(21(28)29-18)16-10-14(20(26)27)9-15(22)11-16/h4-5,7-11H,2-3,6,22H2,1H3,(H,26,27)/b18-8-. The molecule has 0 bridgehead atoms. The highest BCUT2D eigenvalue weighted by atomic mass is 32.2. The first kappa shape index (κ1) is 19.5. The van der Waals surface area contributed by atoms with Crippen LogP contribution in [0.5, 0.6) is 0 Å². The number of hydrogen-bond acceptors (Lipinski definition) is 6. The Labute approximate surface area is 178 Å². The maximum absolute atomic E-state index is 13.0. The molecular formula is C21H19N3O3S2. The Morgan fingerprint density at radius 1 is 1.28 bits per heavy atom. The van der Waals surface area contributed by atoms with Gasteiger partial charge in [0.05, 0.1) is 16.2 Å². The summed E-state index contributed by atoms with van der Waals surface area (Å²) in [6.45, 7) is 1.05. The molecule has 8 heteroatoms. The molecule has 1 amide bonds. The summed E-state index contributed by atoms with van der Waals surface area (Å²) in [5.41, 5.74) is 9.89. The molecule has 1 saturated heterocycles. The van der Waals surface area contributed by atoms with E-state index in [1.54, 1.807) is 6.07 Å². The lowest BCUT2D eigenvalue weighted by Gasteiger charge is -2.27. The van der Waals surface area contributed by atoms with Crippen LogP contribution in [0.25, 0.3) is 6.08 Å². The van der Waals surface area contributed by atoms with Gasteiger partial charge in [0.1, 0.15) is 0 Å². The molecule has 2 aromatic carbocycles. The molecule has 0 unspecified atom stereocenters. The van der Waals surface area contributed by atoms with Crippen LogP contribution in [0.1, 0.15) is 27.9 Å². The minimum atomic E-state index is -1.11. The van der Waals surface area contributed by atoms with E-state index in [4.69, 9.17) is 18.0 Å². The van der Waals surface area contributed by atoms with E-state index in [9.17, 15) is 14.7 Å². The summed E-state index contributed by atoms with van der Waals surface area (Å²) >= 11 is 6.59. The average molecular weight is 426 g/mol. The van der Waals surface area contributed by atoms with E-state index in [1.165, 1.54) is 40.0 Å². The van der Waals surface area contributed by atoms with E-state index in [2.05, 4.69) is 24.1 Å². The van der Waals surface area contributed by atoms with E-state index >= 15 is 0 Å². The maximum atomic E-state index is 13.0. The molecule has 0 aliphatic carbocycles. The highest BCUT2D eigenvalue weighted by Gasteiger charge is 2.34. The molecule has 3 N–H and O–H groups in total. The van der Waals surface area contributed by atoms with Gasteiger partial charge in [0.2, 0.25) is 0 Å². The van der Waals surface area contributed by atoms with Gasteiger partial charge in [-0.3, -0.25) is 9.69 Å². The monoisotopic (exact) mass is 425 g/mol. The SMILES string of the molecule is CN1CCCc2cc(/C=C3\SC(=S)N(c4cc(N)cc(C(=O)O)c4)C3=O)ccc21. The first-order valence-corrected chi connectivity index (χ1v) is 10.3. The Hall–Kier alpha value is -2.84. The Morgan fingerprint density at radius 3 is 2.83 bits per heavy atom. The number of carbonyl (C=O) groups is 2. The Bertz CT molecular complexity index is 1080. The molecule has 6 nitrogen and oxygen atoms in total. The fourth-order valence-corrected chi connectivity index (χ4v) is 4.92. The normalized spacial score (nSPS) is 17.8. The van der Waals surface area contributed by atoms with Crippen molar-refractivity contribution in [1.29, 1.82) is 0 Å². The van der Waals surface area contributed by atoms with Gasteiger partial charge in [0.25, 0.3) is 5.91 Å². The Morgan fingerprint density at radius 2 is 2.07 bits per heavy atom. The topological polar surface area (TPSA) is 86.9 Å². The lowest BCUT2D eigenvalue weighted by atomic mass is 9.99. The summed E-state index contributed by atoms with van der Waals surface area (Å²) in [6.07, 6.45) is 3.96. The number of aryl methyl sites for hydroxylation is 1. The smallest absolute Gasteiger partial charge is 0.335 e. The summed E-state index contributed by atoms with van der Waals surface area (Å²) in [5.74, 6) is -1.39. The van der Waals surface area contributed by atoms with Crippen LogP contribution in [0, 0.1) is 0 Å². The van der Waals surface area contributed by atoms with Crippen LogP contribution < -0.4 is 15.5 Å². The molecule has 2 aliphatic heterocycles. The van der Waals surface area contributed by atoms with Crippen LogP contribution in [0.4, 0.5) is 17.1 Å². The van der Waals surface area contributed by atoms with Crippen molar-refractivity contribution in [3.05, 3.63) is 58.0 Å². The minimum Gasteiger partial charge on any atom is -0.478 e. The molecule has 148 valence electrons. The van der Waals surface area contributed by atoms with E-state index in [0.29, 0.717) is 14.9 Å². The zero-order chi connectivity index (χ0) is 20.7. The van der Waals surface area contributed by atoms with Gasteiger partial charge in [-0.05, 0) is 60.4 Å². The molecule has 2 aliphatic rings. The number of carbonyl (C=O) groups excluding carboxylic acids is 1. The first-order valence-electron chi connectivity index (χ1n) is 9.09. The maximum Gasteiger partial charge on any atom is 0.335 e. The summed E-state index contributed by atoms with van der Waals surface area (Å²) in [6, 6.07) is 10.5. The number of carboxylic acids is 1. The number of nitrogens with two attached hydrogens (primary N) is 1. The van der Waals surface area contributed by atoms with Crippen LogP contribution in [0.3, 0.4) is 0 Å². The molecule has 0 saturated carbocycles. The van der Waals surface area contributed by atoms with Crippen molar-refractivity contribution in [2.24, 2.45) is 0 Å². The highest BCUT2D eigenvalue weighted by Crippen LogP contribution is 2.37. The van der Waals surface area contributed by atoms with Crippen LogP contribution in [0.15, 0.2) is 41.3 Å². The zero-order valence-electron chi connectivity index (χ0n) is 15.7. The molecule has 1 fully saturated rings. The lowest BCUT2D eigenvalue weighted by molar-refractivity contribution is -0.113. The number of fused-ring (bicyclic) bond motifs is 1.